The molecule has 0 aromatic heterocycles. The second-order valence-electron chi connectivity index (χ2n) is 12.2. The van der Waals surface area contributed by atoms with Crippen molar-refractivity contribution < 1.29 is 10.2 Å². The van der Waals surface area contributed by atoms with E-state index in [-0.39, 0.29) is 5.41 Å². The number of fused-ring (bicyclic) bond motifs is 1. The summed E-state index contributed by atoms with van der Waals surface area (Å²) < 4.78 is 0. The second kappa shape index (κ2) is 10.4. The van der Waals surface area contributed by atoms with E-state index in [0.717, 1.165) is 24.9 Å². The van der Waals surface area contributed by atoms with Crippen molar-refractivity contribution in [1.29, 1.82) is 0 Å². The summed E-state index contributed by atoms with van der Waals surface area (Å²) in [6.07, 6.45) is 12.9. The highest BCUT2D eigenvalue weighted by Crippen LogP contribution is 2.55. The van der Waals surface area contributed by atoms with Crippen LogP contribution >= 0.6 is 0 Å². The van der Waals surface area contributed by atoms with Gasteiger partial charge in [-0.1, -0.05) is 44.4 Å². The summed E-state index contributed by atoms with van der Waals surface area (Å²) in [7, 11) is 4.51. The lowest BCUT2D eigenvalue weighted by molar-refractivity contribution is 0.00274. The standard InChI is InChI=1S/C17H23NO.C15H23NO/c1-18-9-8-17-7-3-2-4-14(17)16(18)10-12-5-6-13(19)11-15(12)17;1-3-15(9-4-5-10-16(2)12-15)13-7-6-8-14(17)11-13/h5-6,11,14,16,19H,2-4,7-10H2,1H3;6-8,11,17H,3-5,9-10,12H2,1-2H3/t14-,16+,17+;/m0./s1. The van der Waals surface area contributed by atoms with E-state index in [9.17, 15) is 10.2 Å². The highest BCUT2D eigenvalue weighted by Gasteiger charge is 2.53. The van der Waals surface area contributed by atoms with Gasteiger partial charge in [-0.2, -0.15) is 0 Å². The number of benzene rings is 2. The molecule has 4 heteroatoms. The van der Waals surface area contributed by atoms with Crippen LogP contribution in [-0.2, 0) is 17.3 Å². The largest absolute Gasteiger partial charge is 0.508 e. The molecule has 4 aliphatic rings. The number of likely N-dealkylation sites (tertiary alicyclic amines) is 2. The Morgan fingerprint density at radius 1 is 0.889 bits per heavy atom. The first-order valence-electron chi connectivity index (χ1n) is 14.4. The molecule has 2 bridgehead atoms. The molecule has 2 aliphatic heterocycles. The molecule has 0 spiro atoms. The zero-order valence-corrected chi connectivity index (χ0v) is 22.7. The summed E-state index contributed by atoms with van der Waals surface area (Å²) in [5.41, 5.74) is 4.88. The van der Waals surface area contributed by atoms with Crippen LogP contribution in [0.1, 0.15) is 81.4 Å². The molecular weight excluding hydrogens is 444 g/mol. The molecule has 4 nitrogen and oxygen atoms in total. The lowest BCUT2D eigenvalue weighted by atomic mass is 9.52. The fourth-order valence-corrected chi connectivity index (χ4v) is 8.27. The van der Waals surface area contributed by atoms with Gasteiger partial charge >= 0.3 is 0 Å². The maximum absolute atomic E-state index is 9.91. The molecule has 2 aromatic carbocycles. The minimum atomic E-state index is 0.226. The zero-order valence-electron chi connectivity index (χ0n) is 22.7. The molecule has 1 saturated carbocycles. The average Bonchev–Trinajstić information content (AvgIpc) is 3.09. The van der Waals surface area contributed by atoms with Crippen molar-refractivity contribution in [3.8, 4) is 11.5 Å². The Morgan fingerprint density at radius 2 is 1.69 bits per heavy atom. The third-order valence-corrected chi connectivity index (χ3v) is 10.3. The molecular formula is C32H46N2O2. The molecule has 2 aromatic rings. The Hall–Kier alpha value is -2.04. The Morgan fingerprint density at radius 3 is 2.50 bits per heavy atom. The first-order valence-corrected chi connectivity index (χ1v) is 14.4. The minimum absolute atomic E-state index is 0.226. The van der Waals surface area contributed by atoms with Crippen LogP contribution in [0.3, 0.4) is 0 Å². The highest BCUT2D eigenvalue weighted by atomic mass is 16.3. The summed E-state index contributed by atoms with van der Waals surface area (Å²) in [6.45, 7) is 5.78. The second-order valence-corrected chi connectivity index (χ2v) is 12.2. The number of hydrogen-bond acceptors (Lipinski definition) is 4. The average molecular weight is 491 g/mol. The molecule has 0 amide bonds. The van der Waals surface area contributed by atoms with Gasteiger partial charge in [-0.15, -0.1) is 0 Å². The normalized spacial score (nSPS) is 32.4. The van der Waals surface area contributed by atoms with Gasteiger partial charge in [0, 0.05) is 23.4 Å². The molecule has 2 aliphatic carbocycles. The van der Waals surface area contributed by atoms with Gasteiger partial charge in [-0.25, -0.2) is 0 Å². The number of likely N-dealkylation sites (N-methyl/N-ethyl adjacent to an activating group) is 2. The molecule has 2 N–H and O–H groups in total. The Labute approximate surface area is 218 Å². The van der Waals surface area contributed by atoms with Crippen molar-refractivity contribution in [3.63, 3.8) is 0 Å². The number of nitrogens with zero attached hydrogens (tertiary/aromatic N) is 2. The van der Waals surface area contributed by atoms with Crippen molar-refractivity contribution in [2.24, 2.45) is 5.92 Å². The Kier molecular flexibility index (Phi) is 7.38. The number of rotatable bonds is 2. The van der Waals surface area contributed by atoms with E-state index in [1.807, 2.05) is 18.2 Å². The predicted octanol–water partition coefficient (Wildman–Crippen LogP) is 6.24. The SMILES string of the molecule is CCC1(c2cccc(O)c2)CCCCN(C)C1.CN1CC[C@]23CCCC[C@H]2[C@H]1Cc1ccc(O)cc13. The summed E-state index contributed by atoms with van der Waals surface area (Å²) in [5.74, 6) is 1.66. The molecule has 3 fully saturated rings. The van der Waals surface area contributed by atoms with Gasteiger partial charge in [0.2, 0.25) is 0 Å². The van der Waals surface area contributed by atoms with Crippen LogP contribution in [0.2, 0.25) is 0 Å². The molecule has 36 heavy (non-hydrogen) atoms. The molecule has 6 rings (SSSR count). The minimum Gasteiger partial charge on any atom is -0.508 e. The number of phenols is 2. The van der Waals surface area contributed by atoms with Crippen LogP contribution < -0.4 is 0 Å². The van der Waals surface area contributed by atoms with E-state index in [4.69, 9.17) is 0 Å². The van der Waals surface area contributed by atoms with Gasteiger partial charge in [0.1, 0.15) is 11.5 Å². The summed E-state index contributed by atoms with van der Waals surface area (Å²) in [5, 5.41) is 19.6. The van der Waals surface area contributed by atoms with Crippen LogP contribution in [0.5, 0.6) is 11.5 Å². The lowest BCUT2D eigenvalue weighted by Gasteiger charge is -2.58. The first kappa shape index (κ1) is 25.6. The number of aromatic hydroxyl groups is 2. The molecule has 196 valence electrons. The maximum Gasteiger partial charge on any atom is 0.115 e. The van der Waals surface area contributed by atoms with Crippen LogP contribution in [0, 0.1) is 5.92 Å². The van der Waals surface area contributed by atoms with E-state index >= 15 is 0 Å². The van der Waals surface area contributed by atoms with Crippen molar-refractivity contribution in [1.82, 2.24) is 9.80 Å². The molecule has 4 atom stereocenters. The van der Waals surface area contributed by atoms with Crippen LogP contribution in [0.4, 0.5) is 0 Å². The third-order valence-electron chi connectivity index (χ3n) is 10.3. The molecule has 1 unspecified atom stereocenters. The van der Waals surface area contributed by atoms with E-state index in [1.165, 1.54) is 87.6 Å². The summed E-state index contributed by atoms with van der Waals surface area (Å²) >= 11 is 0. The van der Waals surface area contributed by atoms with Gasteiger partial charge in [0.05, 0.1) is 0 Å². The van der Waals surface area contributed by atoms with Crippen molar-refractivity contribution in [2.75, 3.05) is 33.7 Å². The van der Waals surface area contributed by atoms with Crippen LogP contribution in [0.25, 0.3) is 0 Å². The topological polar surface area (TPSA) is 46.9 Å². The smallest absolute Gasteiger partial charge is 0.115 e. The molecule has 2 saturated heterocycles. The summed E-state index contributed by atoms with van der Waals surface area (Å²) in [6, 6.07) is 14.7. The number of phenolic OH excluding ortho intramolecular Hbond substituents is 2. The predicted molar refractivity (Wildman–Crippen MR) is 148 cm³/mol. The van der Waals surface area contributed by atoms with Crippen molar-refractivity contribution in [2.45, 2.75) is 88.0 Å². The van der Waals surface area contributed by atoms with E-state index in [1.54, 1.807) is 6.07 Å². The maximum atomic E-state index is 9.91. The lowest BCUT2D eigenvalue weighted by Crippen LogP contribution is -2.59. The van der Waals surface area contributed by atoms with Gasteiger partial charge in [-0.3, -0.25) is 0 Å². The van der Waals surface area contributed by atoms with E-state index in [0.29, 0.717) is 16.9 Å². The van der Waals surface area contributed by atoms with E-state index < -0.39 is 0 Å². The molecule has 0 radical (unpaired) electrons. The Balaban J connectivity index is 0.000000149. The van der Waals surface area contributed by atoms with Crippen LogP contribution in [-0.4, -0.2) is 59.8 Å². The Bertz CT molecular complexity index is 1050. The summed E-state index contributed by atoms with van der Waals surface area (Å²) in [4.78, 5) is 5.02. The molecule has 2 heterocycles. The quantitative estimate of drug-likeness (QED) is 0.523. The fourth-order valence-electron chi connectivity index (χ4n) is 8.27. The van der Waals surface area contributed by atoms with Crippen LogP contribution in [0.15, 0.2) is 42.5 Å². The fraction of sp³-hybridized carbons (Fsp3) is 0.625. The third kappa shape index (κ3) is 4.67. The van der Waals surface area contributed by atoms with Gasteiger partial charge in [0.15, 0.2) is 0 Å². The van der Waals surface area contributed by atoms with Crippen molar-refractivity contribution in [3.05, 3.63) is 59.2 Å². The monoisotopic (exact) mass is 490 g/mol. The number of piperidine rings is 1. The zero-order chi connectivity index (χ0) is 25.3. The number of hydrogen-bond donors (Lipinski definition) is 2. The van der Waals surface area contributed by atoms with Gasteiger partial charge < -0.3 is 20.0 Å². The van der Waals surface area contributed by atoms with Crippen molar-refractivity contribution >= 4 is 0 Å². The van der Waals surface area contributed by atoms with Gasteiger partial charge in [0.25, 0.3) is 0 Å². The first-order chi connectivity index (χ1) is 17.4. The highest BCUT2D eigenvalue weighted by molar-refractivity contribution is 5.45. The van der Waals surface area contributed by atoms with Gasteiger partial charge in [-0.05, 0) is 119 Å². The van der Waals surface area contributed by atoms with E-state index in [2.05, 4.69) is 49.0 Å².